The number of nitrogens with zero attached hydrogens (tertiary/aromatic N) is 4. The molecule has 148 valence electrons. The standard InChI is InChI=1S/C25H22N4O/c26-16-19-6-1-2-7-20(19)18-28-12-14-29(15-13-28)23-9-5-11-24-21(23)17-27-22-8-3-4-10-25(22)30-24/h1-11,17H,12-15,18H2. The largest absolute Gasteiger partial charge is 0.454 e. The van der Waals surface area contributed by atoms with E-state index >= 15 is 0 Å². The highest BCUT2D eigenvalue weighted by molar-refractivity contribution is 5.94. The SMILES string of the molecule is N#Cc1ccccc1CN1CCN(c2cccc3c2C=Nc2ccccc2O3)CC1. The fourth-order valence-corrected chi connectivity index (χ4v) is 4.08. The molecule has 5 nitrogen and oxygen atoms in total. The van der Waals surface area contributed by atoms with Crippen LogP contribution in [0.4, 0.5) is 11.4 Å². The molecule has 5 heteroatoms. The van der Waals surface area contributed by atoms with E-state index < -0.39 is 0 Å². The van der Waals surface area contributed by atoms with Crippen molar-refractivity contribution >= 4 is 17.6 Å². The summed E-state index contributed by atoms with van der Waals surface area (Å²) in [6, 6.07) is 24.2. The van der Waals surface area contributed by atoms with Crippen LogP contribution in [-0.2, 0) is 6.54 Å². The van der Waals surface area contributed by atoms with Crippen LogP contribution >= 0.6 is 0 Å². The van der Waals surface area contributed by atoms with E-state index in [1.807, 2.05) is 66.9 Å². The van der Waals surface area contributed by atoms with E-state index in [1.165, 1.54) is 0 Å². The van der Waals surface area contributed by atoms with Gasteiger partial charge in [0.2, 0.25) is 0 Å². The summed E-state index contributed by atoms with van der Waals surface area (Å²) in [6.07, 6.45) is 1.92. The lowest BCUT2D eigenvalue weighted by Gasteiger charge is -2.37. The van der Waals surface area contributed by atoms with Gasteiger partial charge in [0.15, 0.2) is 5.75 Å². The summed E-state index contributed by atoms with van der Waals surface area (Å²) in [6.45, 7) is 4.55. The Labute approximate surface area is 176 Å². The Bertz CT molecular complexity index is 1140. The van der Waals surface area contributed by atoms with E-state index in [2.05, 4.69) is 26.9 Å². The molecule has 0 N–H and O–H groups in total. The second-order valence-electron chi connectivity index (χ2n) is 7.55. The first-order chi connectivity index (χ1) is 14.8. The number of nitriles is 1. The van der Waals surface area contributed by atoms with Crippen molar-refractivity contribution in [3.05, 3.63) is 83.4 Å². The summed E-state index contributed by atoms with van der Waals surface area (Å²) >= 11 is 0. The molecule has 30 heavy (non-hydrogen) atoms. The van der Waals surface area contributed by atoms with E-state index in [-0.39, 0.29) is 0 Å². The molecule has 0 aliphatic carbocycles. The molecule has 3 aromatic carbocycles. The van der Waals surface area contributed by atoms with Crippen LogP contribution in [0.25, 0.3) is 0 Å². The summed E-state index contributed by atoms with van der Waals surface area (Å²) < 4.78 is 6.17. The van der Waals surface area contributed by atoms with Crippen LogP contribution in [0.3, 0.4) is 0 Å². The van der Waals surface area contributed by atoms with Gasteiger partial charge in [-0.2, -0.15) is 5.26 Å². The van der Waals surface area contributed by atoms with Gasteiger partial charge in [0.1, 0.15) is 11.4 Å². The number of hydrogen-bond donors (Lipinski definition) is 0. The molecule has 1 saturated heterocycles. The molecule has 0 amide bonds. The molecular formula is C25H22N4O. The van der Waals surface area contributed by atoms with E-state index in [9.17, 15) is 5.26 Å². The Balaban J connectivity index is 1.33. The van der Waals surface area contributed by atoms with Gasteiger partial charge >= 0.3 is 0 Å². The second kappa shape index (κ2) is 8.02. The Kier molecular flexibility index (Phi) is 4.92. The summed E-state index contributed by atoms with van der Waals surface area (Å²) in [5.41, 5.74) is 4.89. The van der Waals surface area contributed by atoms with Crippen LogP contribution in [0.5, 0.6) is 11.5 Å². The predicted octanol–water partition coefficient (Wildman–Crippen LogP) is 4.74. The molecule has 0 spiro atoms. The van der Waals surface area contributed by atoms with Gasteiger partial charge in [0.05, 0.1) is 17.2 Å². The number of benzene rings is 3. The first-order valence-corrected chi connectivity index (χ1v) is 10.2. The number of aliphatic imine (C=N–C) groups is 1. The lowest BCUT2D eigenvalue weighted by atomic mass is 10.1. The number of rotatable bonds is 3. The molecule has 3 aromatic rings. The van der Waals surface area contributed by atoms with Gasteiger partial charge in [0.25, 0.3) is 0 Å². The van der Waals surface area contributed by atoms with Gasteiger partial charge < -0.3 is 9.64 Å². The molecule has 0 unspecified atom stereocenters. The fraction of sp³-hybridized carbons (Fsp3) is 0.200. The molecule has 0 saturated carbocycles. The van der Waals surface area contributed by atoms with Crippen molar-refractivity contribution in [2.45, 2.75) is 6.54 Å². The van der Waals surface area contributed by atoms with Crippen molar-refractivity contribution in [2.24, 2.45) is 4.99 Å². The molecule has 2 aliphatic heterocycles. The third-order valence-electron chi connectivity index (χ3n) is 5.71. The zero-order valence-corrected chi connectivity index (χ0v) is 16.7. The molecule has 2 heterocycles. The highest BCUT2D eigenvalue weighted by Gasteiger charge is 2.22. The molecule has 0 aromatic heterocycles. The van der Waals surface area contributed by atoms with Crippen molar-refractivity contribution < 1.29 is 4.74 Å². The van der Waals surface area contributed by atoms with Crippen molar-refractivity contribution in [1.82, 2.24) is 4.90 Å². The Morgan fingerprint density at radius 2 is 1.63 bits per heavy atom. The van der Waals surface area contributed by atoms with Crippen molar-refractivity contribution in [3.8, 4) is 17.6 Å². The summed E-state index contributed by atoms with van der Waals surface area (Å²) in [5.74, 6) is 1.62. The Morgan fingerprint density at radius 1 is 0.867 bits per heavy atom. The van der Waals surface area contributed by atoms with Gasteiger partial charge in [-0.1, -0.05) is 36.4 Å². The van der Waals surface area contributed by atoms with Gasteiger partial charge in [-0.25, -0.2) is 0 Å². The maximum absolute atomic E-state index is 9.34. The molecule has 1 fully saturated rings. The summed E-state index contributed by atoms with van der Waals surface area (Å²) in [5, 5.41) is 9.34. The van der Waals surface area contributed by atoms with Gasteiger partial charge in [-0.15, -0.1) is 0 Å². The Hall–Kier alpha value is -3.62. The Morgan fingerprint density at radius 3 is 2.50 bits per heavy atom. The number of anilines is 1. The highest BCUT2D eigenvalue weighted by Crippen LogP contribution is 2.39. The van der Waals surface area contributed by atoms with Gasteiger partial charge in [-0.3, -0.25) is 9.89 Å². The number of para-hydroxylation sites is 2. The summed E-state index contributed by atoms with van der Waals surface area (Å²) in [4.78, 5) is 9.47. The molecule has 0 atom stereocenters. The van der Waals surface area contributed by atoms with Crippen LogP contribution in [0.1, 0.15) is 16.7 Å². The van der Waals surface area contributed by atoms with Crippen LogP contribution < -0.4 is 9.64 Å². The minimum atomic E-state index is 0.765. The smallest absolute Gasteiger partial charge is 0.153 e. The van der Waals surface area contributed by atoms with Crippen molar-refractivity contribution in [1.29, 1.82) is 5.26 Å². The maximum Gasteiger partial charge on any atom is 0.153 e. The van der Waals surface area contributed by atoms with Crippen LogP contribution in [-0.4, -0.2) is 37.3 Å². The normalized spacial score (nSPS) is 15.5. The monoisotopic (exact) mass is 394 g/mol. The molecule has 0 bridgehead atoms. The predicted molar refractivity (Wildman–Crippen MR) is 119 cm³/mol. The van der Waals surface area contributed by atoms with Crippen molar-refractivity contribution in [3.63, 3.8) is 0 Å². The molecule has 2 aliphatic rings. The number of ether oxygens (including phenoxy) is 1. The van der Waals surface area contributed by atoms with Crippen LogP contribution in [0.2, 0.25) is 0 Å². The lowest BCUT2D eigenvalue weighted by molar-refractivity contribution is 0.249. The number of hydrogen-bond acceptors (Lipinski definition) is 5. The van der Waals surface area contributed by atoms with E-state index in [0.717, 1.165) is 72.3 Å². The molecular weight excluding hydrogens is 372 g/mol. The number of fused-ring (bicyclic) bond motifs is 2. The lowest BCUT2D eigenvalue weighted by Crippen LogP contribution is -2.46. The molecule has 0 radical (unpaired) electrons. The second-order valence-corrected chi connectivity index (χ2v) is 7.55. The quantitative estimate of drug-likeness (QED) is 0.504. The third-order valence-corrected chi connectivity index (χ3v) is 5.71. The zero-order valence-electron chi connectivity index (χ0n) is 16.7. The van der Waals surface area contributed by atoms with Crippen LogP contribution in [0, 0.1) is 11.3 Å². The van der Waals surface area contributed by atoms with E-state index in [4.69, 9.17) is 4.74 Å². The minimum Gasteiger partial charge on any atom is -0.454 e. The third kappa shape index (κ3) is 3.54. The maximum atomic E-state index is 9.34. The number of piperazine rings is 1. The van der Waals surface area contributed by atoms with Gasteiger partial charge in [-0.05, 0) is 35.9 Å². The topological polar surface area (TPSA) is 51.9 Å². The average Bonchev–Trinajstić information content (AvgIpc) is 2.99. The first kappa shape index (κ1) is 18.4. The highest BCUT2D eigenvalue weighted by atomic mass is 16.5. The summed E-state index contributed by atoms with van der Waals surface area (Å²) in [7, 11) is 0. The minimum absolute atomic E-state index is 0.765. The fourth-order valence-electron chi connectivity index (χ4n) is 4.08. The van der Waals surface area contributed by atoms with Gasteiger partial charge in [0, 0.05) is 44.6 Å². The first-order valence-electron chi connectivity index (χ1n) is 10.2. The van der Waals surface area contributed by atoms with Crippen LogP contribution in [0.15, 0.2) is 71.7 Å². The van der Waals surface area contributed by atoms with Crippen molar-refractivity contribution in [2.75, 3.05) is 31.1 Å². The zero-order chi connectivity index (χ0) is 20.3. The van der Waals surface area contributed by atoms with E-state index in [0.29, 0.717) is 0 Å². The van der Waals surface area contributed by atoms with E-state index in [1.54, 1.807) is 0 Å². The average molecular weight is 394 g/mol. The molecule has 5 rings (SSSR count).